The fraction of sp³-hybridized carbons (Fsp3) is 0.333. The van der Waals surface area contributed by atoms with Crippen molar-refractivity contribution in [3.05, 3.63) is 70.8 Å². The van der Waals surface area contributed by atoms with Crippen molar-refractivity contribution in [2.75, 3.05) is 6.61 Å². The van der Waals surface area contributed by atoms with Gasteiger partial charge in [-0.05, 0) is 42.5 Å². The van der Waals surface area contributed by atoms with E-state index in [0.717, 1.165) is 13.0 Å². The molecule has 2 nitrogen and oxygen atoms in total. The summed E-state index contributed by atoms with van der Waals surface area (Å²) >= 11 is 0. The maximum Gasteiger partial charge on any atom is 0.0449 e. The van der Waals surface area contributed by atoms with Gasteiger partial charge in [0.05, 0.1) is 0 Å². The van der Waals surface area contributed by atoms with Gasteiger partial charge in [-0.1, -0.05) is 48.5 Å². The number of rotatable bonds is 6. The van der Waals surface area contributed by atoms with E-state index in [1.165, 1.54) is 22.3 Å². The number of hydrogen-bond donors (Lipinski definition) is 2. The lowest BCUT2D eigenvalue weighted by Crippen LogP contribution is -2.22. The molecule has 1 unspecified atom stereocenters. The quantitative estimate of drug-likeness (QED) is 0.841. The first kappa shape index (κ1) is 14.8. The van der Waals surface area contributed by atoms with Gasteiger partial charge in [0.15, 0.2) is 0 Å². The monoisotopic (exact) mass is 269 g/mol. The topological polar surface area (TPSA) is 32.3 Å². The zero-order valence-corrected chi connectivity index (χ0v) is 12.3. The highest BCUT2D eigenvalue weighted by atomic mass is 16.3. The third-order valence-electron chi connectivity index (χ3n) is 3.79. The fourth-order valence-corrected chi connectivity index (χ4v) is 2.55. The predicted octanol–water partition coefficient (Wildman–Crippen LogP) is 3.52. The Morgan fingerprint density at radius 1 is 0.950 bits per heavy atom. The van der Waals surface area contributed by atoms with E-state index in [1.807, 2.05) is 18.2 Å². The summed E-state index contributed by atoms with van der Waals surface area (Å²) in [7, 11) is 0. The summed E-state index contributed by atoms with van der Waals surface area (Å²) in [5.74, 6) is 0. The predicted molar refractivity (Wildman–Crippen MR) is 83.6 cm³/mol. The van der Waals surface area contributed by atoms with Crippen LogP contribution in [0.4, 0.5) is 0 Å². The standard InChI is InChI=1S/C18H23NO/c1-14-7-6-8-15(2)17(14)13-19-18(11-12-20)16-9-4-3-5-10-16/h3-10,18-20H,11-13H2,1-2H3. The van der Waals surface area contributed by atoms with Gasteiger partial charge in [-0.15, -0.1) is 0 Å². The van der Waals surface area contributed by atoms with Crippen molar-refractivity contribution in [1.29, 1.82) is 0 Å². The number of nitrogens with one attached hydrogen (secondary N) is 1. The van der Waals surface area contributed by atoms with Crippen LogP contribution in [0, 0.1) is 13.8 Å². The van der Waals surface area contributed by atoms with E-state index in [2.05, 4.69) is 49.5 Å². The second-order valence-electron chi connectivity index (χ2n) is 5.23. The van der Waals surface area contributed by atoms with Gasteiger partial charge in [-0.2, -0.15) is 0 Å². The third-order valence-corrected chi connectivity index (χ3v) is 3.79. The molecule has 1 atom stereocenters. The van der Waals surface area contributed by atoms with Gasteiger partial charge in [0.2, 0.25) is 0 Å². The van der Waals surface area contributed by atoms with Crippen molar-refractivity contribution in [3.8, 4) is 0 Å². The average Bonchev–Trinajstić information content (AvgIpc) is 2.46. The maximum absolute atomic E-state index is 9.26. The van der Waals surface area contributed by atoms with Gasteiger partial charge in [0, 0.05) is 19.2 Å². The average molecular weight is 269 g/mol. The summed E-state index contributed by atoms with van der Waals surface area (Å²) < 4.78 is 0. The fourth-order valence-electron chi connectivity index (χ4n) is 2.55. The summed E-state index contributed by atoms with van der Waals surface area (Å²) in [6.45, 7) is 5.32. The van der Waals surface area contributed by atoms with Crippen LogP contribution < -0.4 is 5.32 Å². The van der Waals surface area contributed by atoms with Gasteiger partial charge in [-0.3, -0.25) is 0 Å². The van der Waals surface area contributed by atoms with Crippen LogP contribution in [0.15, 0.2) is 48.5 Å². The zero-order chi connectivity index (χ0) is 14.4. The number of aryl methyl sites for hydroxylation is 2. The molecule has 2 aromatic rings. The summed E-state index contributed by atoms with van der Waals surface area (Å²) in [4.78, 5) is 0. The van der Waals surface area contributed by atoms with Crippen LogP contribution in [-0.2, 0) is 6.54 Å². The highest BCUT2D eigenvalue weighted by molar-refractivity contribution is 5.33. The molecule has 2 N–H and O–H groups in total. The Morgan fingerprint density at radius 2 is 1.60 bits per heavy atom. The van der Waals surface area contributed by atoms with Gasteiger partial charge >= 0.3 is 0 Å². The van der Waals surface area contributed by atoms with Crippen LogP contribution in [0.25, 0.3) is 0 Å². The smallest absolute Gasteiger partial charge is 0.0449 e. The van der Waals surface area contributed by atoms with Gasteiger partial charge in [-0.25, -0.2) is 0 Å². The largest absolute Gasteiger partial charge is 0.396 e. The zero-order valence-electron chi connectivity index (χ0n) is 12.3. The first-order valence-corrected chi connectivity index (χ1v) is 7.16. The van der Waals surface area contributed by atoms with Crippen molar-refractivity contribution in [2.45, 2.75) is 32.9 Å². The molecule has 0 fully saturated rings. The molecule has 0 aliphatic heterocycles. The highest BCUT2D eigenvalue weighted by Gasteiger charge is 2.11. The lowest BCUT2D eigenvalue weighted by atomic mass is 10.0. The molecule has 0 saturated heterocycles. The van der Waals surface area contributed by atoms with E-state index in [4.69, 9.17) is 0 Å². The van der Waals surface area contributed by atoms with Crippen molar-refractivity contribution in [2.24, 2.45) is 0 Å². The Bertz CT molecular complexity index is 516. The summed E-state index contributed by atoms with van der Waals surface area (Å²) in [5, 5.41) is 12.8. The molecule has 0 heterocycles. The minimum absolute atomic E-state index is 0.194. The van der Waals surface area contributed by atoms with Crippen molar-refractivity contribution >= 4 is 0 Å². The molecule has 0 amide bonds. The molecule has 0 aromatic heterocycles. The van der Waals surface area contributed by atoms with E-state index in [0.29, 0.717) is 0 Å². The maximum atomic E-state index is 9.26. The normalized spacial score (nSPS) is 12.3. The minimum atomic E-state index is 0.194. The first-order valence-electron chi connectivity index (χ1n) is 7.16. The molecule has 2 aromatic carbocycles. The van der Waals surface area contributed by atoms with Crippen LogP contribution >= 0.6 is 0 Å². The molecule has 20 heavy (non-hydrogen) atoms. The summed E-state index contributed by atoms with van der Waals surface area (Å²) in [6.07, 6.45) is 0.731. The molecule has 0 saturated carbocycles. The van der Waals surface area contributed by atoms with E-state index >= 15 is 0 Å². The molecule has 2 heteroatoms. The second-order valence-corrected chi connectivity index (χ2v) is 5.23. The number of hydrogen-bond acceptors (Lipinski definition) is 2. The van der Waals surface area contributed by atoms with Crippen LogP contribution in [-0.4, -0.2) is 11.7 Å². The molecule has 0 aliphatic carbocycles. The van der Waals surface area contributed by atoms with Gasteiger partial charge < -0.3 is 10.4 Å². The van der Waals surface area contributed by atoms with Crippen LogP contribution in [0.2, 0.25) is 0 Å². The summed E-state index contributed by atoms with van der Waals surface area (Å²) in [6, 6.07) is 16.9. The number of aliphatic hydroxyl groups is 1. The molecule has 2 rings (SSSR count). The van der Waals surface area contributed by atoms with Crippen molar-refractivity contribution in [3.63, 3.8) is 0 Å². The Hall–Kier alpha value is -1.64. The van der Waals surface area contributed by atoms with Crippen LogP contribution in [0.3, 0.4) is 0 Å². The summed E-state index contributed by atoms with van der Waals surface area (Å²) in [5.41, 5.74) is 5.21. The van der Waals surface area contributed by atoms with E-state index in [9.17, 15) is 5.11 Å². The van der Waals surface area contributed by atoms with Crippen LogP contribution in [0.1, 0.15) is 34.7 Å². The van der Waals surface area contributed by atoms with Crippen molar-refractivity contribution < 1.29 is 5.11 Å². The number of benzene rings is 2. The van der Waals surface area contributed by atoms with Crippen LogP contribution in [0.5, 0.6) is 0 Å². The van der Waals surface area contributed by atoms with Gasteiger partial charge in [0.1, 0.15) is 0 Å². The van der Waals surface area contributed by atoms with E-state index in [1.54, 1.807) is 0 Å². The molecular formula is C18H23NO. The molecule has 0 spiro atoms. The minimum Gasteiger partial charge on any atom is -0.396 e. The Labute approximate surface area is 121 Å². The van der Waals surface area contributed by atoms with Gasteiger partial charge in [0.25, 0.3) is 0 Å². The molecule has 0 bridgehead atoms. The number of aliphatic hydroxyl groups excluding tert-OH is 1. The molecule has 106 valence electrons. The second kappa shape index (κ2) is 7.22. The molecule has 0 aliphatic rings. The Morgan fingerprint density at radius 3 is 2.20 bits per heavy atom. The van der Waals surface area contributed by atoms with E-state index in [-0.39, 0.29) is 12.6 Å². The molecular weight excluding hydrogens is 246 g/mol. The lowest BCUT2D eigenvalue weighted by molar-refractivity contribution is 0.265. The van der Waals surface area contributed by atoms with Crippen molar-refractivity contribution in [1.82, 2.24) is 5.32 Å². The Balaban J connectivity index is 2.10. The van der Waals surface area contributed by atoms with E-state index < -0.39 is 0 Å². The first-order chi connectivity index (χ1) is 9.72. The lowest BCUT2D eigenvalue weighted by Gasteiger charge is -2.20. The molecule has 0 radical (unpaired) electrons. The third kappa shape index (κ3) is 3.69. The Kier molecular flexibility index (Phi) is 5.33. The highest BCUT2D eigenvalue weighted by Crippen LogP contribution is 2.19. The SMILES string of the molecule is Cc1cccc(C)c1CNC(CCO)c1ccccc1.